The van der Waals surface area contributed by atoms with Gasteiger partial charge in [0.1, 0.15) is 0 Å². The van der Waals surface area contributed by atoms with Gasteiger partial charge in [-0.3, -0.25) is 0 Å². The number of aryl methyl sites for hydroxylation is 2. The van der Waals surface area contributed by atoms with Gasteiger partial charge in [0.15, 0.2) is 0 Å². The fourth-order valence-electron chi connectivity index (χ4n) is 10.6. The molecule has 0 radical (unpaired) electrons. The van der Waals surface area contributed by atoms with Crippen LogP contribution in [0.5, 0.6) is 0 Å². The van der Waals surface area contributed by atoms with Gasteiger partial charge in [0, 0.05) is 65.8 Å². The summed E-state index contributed by atoms with van der Waals surface area (Å²) < 4.78 is 9.55. The molecule has 0 spiro atoms. The van der Waals surface area contributed by atoms with Gasteiger partial charge in [0.25, 0.3) is 0 Å². The number of hydrogen-bond donors (Lipinski definition) is 0. The summed E-state index contributed by atoms with van der Waals surface area (Å²) >= 11 is 0. The lowest BCUT2D eigenvalue weighted by molar-refractivity contribution is 1.15. The molecule has 312 valence electrons. The van der Waals surface area contributed by atoms with E-state index in [9.17, 15) is 0 Å². The lowest BCUT2D eigenvalue weighted by Gasteiger charge is -2.11. The van der Waals surface area contributed by atoms with E-state index in [4.69, 9.17) is 0 Å². The Balaban J connectivity index is 0.000000132. The molecule has 0 aliphatic carbocycles. The highest BCUT2D eigenvalue weighted by molar-refractivity contribution is 6.14. The number of para-hydroxylation sites is 6. The van der Waals surface area contributed by atoms with Crippen LogP contribution in [0.4, 0.5) is 0 Å². The Morgan fingerprint density at radius 3 is 0.985 bits per heavy atom. The van der Waals surface area contributed by atoms with Crippen LogP contribution in [-0.2, 0) is 0 Å². The van der Waals surface area contributed by atoms with Crippen molar-refractivity contribution < 1.29 is 0 Å². The molecule has 0 N–H and O–H groups in total. The standard InChI is InChI=1S/2C31H22N2/c1-21-15-18-30-27(19-21)25-12-6-8-14-29(25)33(30)23-16-17-26-24-11-5-7-13-28(24)32(31(26)20-23)22-9-3-2-4-10-22;1-21-15-17-30-26(19-21)27-20-23(16-18-31(27)32(30)22-9-3-2-4-10-22)33-28-13-7-5-11-24(28)25-12-6-8-14-29(25)33/h2*2-20H,1H3. The zero-order chi connectivity index (χ0) is 43.9. The molecule has 0 aliphatic heterocycles. The molecule has 66 heavy (non-hydrogen) atoms. The van der Waals surface area contributed by atoms with Crippen molar-refractivity contribution in [3.63, 3.8) is 0 Å². The van der Waals surface area contributed by atoms with E-state index in [0.717, 1.165) is 0 Å². The summed E-state index contributed by atoms with van der Waals surface area (Å²) in [6.45, 7) is 4.33. The van der Waals surface area contributed by atoms with Crippen LogP contribution in [0.15, 0.2) is 231 Å². The van der Waals surface area contributed by atoms with Crippen molar-refractivity contribution in [3.05, 3.63) is 242 Å². The quantitative estimate of drug-likeness (QED) is 0.168. The van der Waals surface area contributed by atoms with Crippen LogP contribution in [-0.4, -0.2) is 18.3 Å². The Kier molecular flexibility index (Phi) is 8.62. The number of benzene rings is 10. The Labute approximate surface area is 382 Å². The molecular weight excluding hydrogens is 801 g/mol. The van der Waals surface area contributed by atoms with Crippen molar-refractivity contribution >= 4 is 87.2 Å². The third-order valence-electron chi connectivity index (χ3n) is 13.5. The number of fused-ring (bicyclic) bond motifs is 12. The van der Waals surface area contributed by atoms with Crippen molar-refractivity contribution in [2.45, 2.75) is 13.8 Å². The van der Waals surface area contributed by atoms with Crippen LogP contribution in [0.2, 0.25) is 0 Å². The first-order chi connectivity index (χ1) is 32.6. The van der Waals surface area contributed by atoms with E-state index >= 15 is 0 Å². The lowest BCUT2D eigenvalue weighted by atomic mass is 10.1. The Bertz CT molecular complexity index is 4130. The van der Waals surface area contributed by atoms with Crippen molar-refractivity contribution in [3.8, 4) is 22.7 Å². The highest BCUT2D eigenvalue weighted by Crippen LogP contribution is 2.39. The van der Waals surface area contributed by atoms with E-state index in [-0.39, 0.29) is 0 Å². The largest absolute Gasteiger partial charge is 0.309 e. The SMILES string of the molecule is Cc1ccc2c(c1)c1cc(-n3c4ccccc4c4ccccc43)ccc1n2-c1ccccc1.Cc1ccc2c(c1)c1ccccc1n2-c1ccc2c3ccccc3n(-c3ccccc3)c2c1. The first kappa shape index (κ1) is 37.9. The maximum atomic E-state index is 2.40. The minimum atomic E-state index is 1.18. The molecule has 0 saturated heterocycles. The van der Waals surface area contributed by atoms with Crippen LogP contribution >= 0.6 is 0 Å². The molecule has 14 aromatic rings. The highest BCUT2D eigenvalue weighted by atomic mass is 15.0. The van der Waals surface area contributed by atoms with Crippen molar-refractivity contribution in [2.24, 2.45) is 0 Å². The first-order valence-electron chi connectivity index (χ1n) is 22.8. The third kappa shape index (κ3) is 5.85. The summed E-state index contributed by atoms with van der Waals surface area (Å²) in [6.07, 6.45) is 0. The van der Waals surface area contributed by atoms with E-state index in [1.807, 2.05) is 0 Å². The van der Waals surface area contributed by atoms with Crippen molar-refractivity contribution in [1.82, 2.24) is 18.3 Å². The summed E-state index contributed by atoms with van der Waals surface area (Å²) in [4.78, 5) is 0. The van der Waals surface area contributed by atoms with E-state index in [2.05, 4.69) is 263 Å². The molecule has 4 nitrogen and oxygen atoms in total. The third-order valence-corrected chi connectivity index (χ3v) is 13.5. The van der Waals surface area contributed by atoms with Crippen LogP contribution in [0, 0.1) is 13.8 Å². The second-order valence-corrected chi connectivity index (χ2v) is 17.5. The Hall–Kier alpha value is -8.60. The van der Waals surface area contributed by atoms with Crippen LogP contribution in [0.1, 0.15) is 11.1 Å². The predicted octanol–water partition coefficient (Wildman–Crippen LogP) is 16.4. The van der Waals surface area contributed by atoms with Gasteiger partial charge in [-0.1, -0.05) is 139 Å². The lowest BCUT2D eigenvalue weighted by Crippen LogP contribution is -1.96. The summed E-state index contributed by atoms with van der Waals surface area (Å²) in [5.41, 5.74) is 17.2. The molecule has 0 unspecified atom stereocenters. The van der Waals surface area contributed by atoms with Gasteiger partial charge in [-0.25, -0.2) is 0 Å². The second kappa shape index (κ2) is 15.0. The van der Waals surface area contributed by atoms with Crippen molar-refractivity contribution in [1.29, 1.82) is 0 Å². The predicted molar refractivity (Wildman–Crippen MR) is 280 cm³/mol. The normalized spacial score (nSPS) is 11.8. The molecule has 14 rings (SSSR count). The molecule has 4 heterocycles. The number of aromatic nitrogens is 4. The number of hydrogen-bond acceptors (Lipinski definition) is 0. The van der Waals surface area contributed by atoms with E-state index < -0.39 is 0 Å². The van der Waals surface area contributed by atoms with Gasteiger partial charge in [0.2, 0.25) is 0 Å². The molecule has 0 amide bonds. The topological polar surface area (TPSA) is 19.7 Å². The zero-order valence-electron chi connectivity index (χ0n) is 36.7. The van der Waals surface area contributed by atoms with Gasteiger partial charge in [-0.05, 0) is 117 Å². The van der Waals surface area contributed by atoms with Gasteiger partial charge in [0.05, 0.1) is 44.1 Å². The summed E-state index contributed by atoms with van der Waals surface area (Å²) in [5, 5.41) is 10.3. The second-order valence-electron chi connectivity index (χ2n) is 17.5. The fraction of sp³-hybridized carbons (Fsp3) is 0.0323. The highest BCUT2D eigenvalue weighted by Gasteiger charge is 2.18. The zero-order valence-corrected chi connectivity index (χ0v) is 36.7. The molecule has 0 aliphatic rings. The van der Waals surface area contributed by atoms with Crippen LogP contribution in [0.25, 0.3) is 110 Å². The maximum Gasteiger partial charge on any atom is 0.0561 e. The molecular formula is C62H44N4. The minimum Gasteiger partial charge on any atom is -0.309 e. The molecule has 4 heteroatoms. The van der Waals surface area contributed by atoms with Gasteiger partial charge >= 0.3 is 0 Å². The molecule has 0 fully saturated rings. The smallest absolute Gasteiger partial charge is 0.0561 e. The maximum absolute atomic E-state index is 2.40. The van der Waals surface area contributed by atoms with Crippen LogP contribution in [0.3, 0.4) is 0 Å². The van der Waals surface area contributed by atoms with E-state index in [1.54, 1.807) is 0 Å². The Morgan fingerprint density at radius 1 is 0.197 bits per heavy atom. The van der Waals surface area contributed by atoms with E-state index in [1.165, 1.54) is 121 Å². The summed E-state index contributed by atoms with van der Waals surface area (Å²) in [5.74, 6) is 0. The van der Waals surface area contributed by atoms with Gasteiger partial charge in [-0.2, -0.15) is 0 Å². The van der Waals surface area contributed by atoms with Gasteiger partial charge < -0.3 is 18.3 Å². The fourth-order valence-corrected chi connectivity index (χ4v) is 10.6. The number of nitrogens with zero attached hydrogens (tertiary/aromatic N) is 4. The molecule has 0 atom stereocenters. The first-order valence-corrected chi connectivity index (χ1v) is 22.8. The average molecular weight is 845 g/mol. The van der Waals surface area contributed by atoms with Gasteiger partial charge in [-0.15, -0.1) is 0 Å². The van der Waals surface area contributed by atoms with E-state index in [0.29, 0.717) is 0 Å². The summed E-state index contributed by atoms with van der Waals surface area (Å²) in [6, 6.07) is 83.3. The molecule has 10 aromatic carbocycles. The molecule has 0 bridgehead atoms. The molecule has 4 aromatic heterocycles. The Morgan fingerprint density at radius 2 is 0.500 bits per heavy atom. The number of rotatable bonds is 4. The van der Waals surface area contributed by atoms with Crippen molar-refractivity contribution in [2.75, 3.05) is 0 Å². The molecule has 0 saturated carbocycles. The monoisotopic (exact) mass is 844 g/mol. The summed E-state index contributed by atoms with van der Waals surface area (Å²) in [7, 11) is 0. The van der Waals surface area contributed by atoms with Crippen LogP contribution < -0.4 is 0 Å². The average Bonchev–Trinajstić information content (AvgIpc) is 4.09. The minimum absolute atomic E-state index is 1.18.